The molecule has 1 heterocycles. The van der Waals surface area contributed by atoms with E-state index in [2.05, 4.69) is 26.0 Å². The standard InChI is InChI=1S/C21H32N6O2/c1-5-22-19(24-14-16-27-15-6-12-25-27)23-13-11-17-7-9-18(10-8-17)26-20(28)29-21(2,3)4/h6-10,12,15H,5,11,13-14,16H2,1-4H3,(H,26,28)(H2,22,23,24). The van der Waals surface area contributed by atoms with Crippen LogP contribution >= 0.6 is 0 Å². The Labute approximate surface area is 172 Å². The summed E-state index contributed by atoms with van der Waals surface area (Å²) in [5.41, 5.74) is 1.34. The maximum atomic E-state index is 11.8. The smallest absolute Gasteiger partial charge is 0.412 e. The summed E-state index contributed by atoms with van der Waals surface area (Å²) in [6.07, 6.45) is 4.06. The van der Waals surface area contributed by atoms with Gasteiger partial charge in [-0.2, -0.15) is 5.10 Å². The van der Waals surface area contributed by atoms with Crippen LogP contribution in [-0.2, 0) is 17.7 Å². The number of carbonyl (C=O) groups excluding carboxylic acids is 1. The van der Waals surface area contributed by atoms with Crippen molar-refractivity contribution in [2.24, 2.45) is 4.99 Å². The van der Waals surface area contributed by atoms with Gasteiger partial charge in [0.2, 0.25) is 0 Å². The normalized spacial score (nSPS) is 11.8. The summed E-state index contributed by atoms with van der Waals surface area (Å²) in [5, 5.41) is 13.5. The Bertz CT molecular complexity index is 763. The van der Waals surface area contributed by atoms with E-state index in [1.54, 1.807) is 6.20 Å². The molecule has 0 radical (unpaired) electrons. The van der Waals surface area contributed by atoms with Gasteiger partial charge in [0.05, 0.1) is 6.54 Å². The van der Waals surface area contributed by atoms with Crippen LogP contribution < -0.4 is 16.0 Å². The molecule has 0 unspecified atom stereocenters. The number of hydrogen-bond donors (Lipinski definition) is 3. The topological polar surface area (TPSA) is 92.6 Å². The SMILES string of the molecule is CCNC(=NCCc1ccc(NC(=O)OC(C)(C)C)cc1)NCCn1cccn1. The van der Waals surface area contributed by atoms with Crippen molar-refractivity contribution in [3.63, 3.8) is 0 Å². The van der Waals surface area contributed by atoms with Gasteiger partial charge in [-0.05, 0) is 57.9 Å². The highest BCUT2D eigenvalue weighted by atomic mass is 16.6. The lowest BCUT2D eigenvalue weighted by molar-refractivity contribution is 0.0636. The number of guanidine groups is 1. The van der Waals surface area contributed by atoms with E-state index in [9.17, 15) is 4.79 Å². The van der Waals surface area contributed by atoms with E-state index in [0.29, 0.717) is 12.2 Å². The minimum absolute atomic E-state index is 0.452. The van der Waals surface area contributed by atoms with Crippen LogP contribution in [0.25, 0.3) is 0 Å². The second kappa shape index (κ2) is 11.1. The molecule has 0 atom stereocenters. The Kier molecular flexibility index (Phi) is 8.51. The van der Waals surface area contributed by atoms with Gasteiger partial charge in [0.25, 0.3) is 0 Å². The third-order valence-corrected chi connectivity index (χ3v) is 3.81. The first-order chi connectivity index (χ1) is 13.9. The van der Waals surface area contributed by atoms with Gasteiger partial charge in [0.15, 0.2) is 5.96 Å². The first-order valence-electron chi connectivity index (χ1n) is 9.94. The van der Waals surface area contributed by atoms with E-state index in [1.165, 1.54) is 0 Å². The molecule has 0 aliphatic carbocycles. The number of benzene rings is 1. The molecule has 1 aromatic heterocycles. The van der Waals surface area contributed by atoms with Crippen molar-refractivity contribution in [3.8, 4) is 0 Å². The molecule has 29 heavy (non-hydrogen) atoms. The minimum atomic E-state index is -0.515. The molecule has 8 heteroatoms. The molecular weight excluding hydrogens is 368 g/mol. The van der Waals surface area contributed by atoms with E-state index in [4.69, 9.17) is 4.74 Å². The quantitative estimate of drug-likeness (QED) is 0.468. The molecule has 1 aromatic carbocycles. The average molecular weight is 401 g/mol. The number of amides is 1. The molecule has 0 saturated carbocycles. The summed E-state index contributed by atoms with van der Waals surface area (Å²) in [4.78, 5) is 16.4. The fourth-order valence-corrected chi connectivity index (χ4v) is 2.54. The van der Waals surface area contributed by atoms with E-state index in [0.717, 1.165) is 37.6 Å². The summed E-state index contributed by atoms with van der Waals surface area (Å²) < 4.78 is 7.13. The van der Waals surface area contributed by atoms with Crippen LogP contribution in [0.4, 0.5) is 10.5 Å². The summed E-state index contributed by atoms with van der Waals surface area (Å²) in [6.45, 7) is 10.6. The molecule has 8 nitrogen and oxygen atoms in total. The van der Waals surface area contributed by atoms with E-state index in [-0.39, 0.29) is 0 Å². The molecular formula is C21H32N6O2. The van der Waals surface area contributed by atoms with Gasteiger partial charge in [-0.15, -0.1) is 0 Å². The zero-order valence-corrected chi connectivity index (χ0v) is 17.7. The maximum Gasteiger partial charge on any atom is 0.412 e. The van der Waals surface area contributed by atoms with E-state index >= 15 is 0 Å². The lowest BCUT2D eigenvalue weighted by Crippen LogP contribution is -2.39. The van der Waals surface area contributed by atoms with Gasteiger partial charge in [-0.1, -0.05) is 12.1 Å². The number of ether oxygens (including phenoxy) is 1. The zero-order chi connectivity index (χ0) is 21.1. The Morgan fingerprint density at radius 1 is 1.21 bits per heavy atom. The molecule has 0 saturated heterocycles. The molecule has 0 fully saturated rings. The highest BCUT2D eigenvalue weighted by Crippen LogP contribution is 2.13. The van der Waals surface area contributed by atoms with Gasteiger partial charge in [-0.25, -0.2) is 4.79 Å². The summed E-state index contributed by atoms with van der Waals surface area (Å²) in [6, 6.07) is 9.63. The van der Waals surface area contributed by atoms with Crippen LogP contribution in [0.5, 0.6) is 0 Å². The fourth-order valence-electron chi connectivity index (χ4n) is 2.54. The van der Waals surface area contributed by atoms with Crippen molar-refractivity contribution in [1.29, 1.82) is 0 Å². The molecule has 0 aliphatic heterocycles. The third kappa shape index (κ3) is 9.14. The van der Waals surface area contributed by atoms with Crippen molar-refractivity contribution >= 4 is 17.7 Å². The largest absolute Gasteiger partial charge is 0.444 e. The number of nitrogens with one attached hydrogen (secondary N) is 3. The molecule has 0 spiro atoms. The monoisotopic (exact) mass is 400 g/mol. The van der Waals surface area contributed by atoms with Gasteiger partial charge in [-0.3, -0.25) is 15.0 Å². The first kappa shape index (κ1) is 22.3. The Hall–Kier alpha value is -3.03. The highest BCUT2D eigenvalue weighted by Gasteiger charge is 2.16. The number of aliphatic imine (C=N–C) groups is 1. The lowest BCUT2D eigenvalue weighted by atomic mass is 10.1. The van der Waals surface area contributed by atoms with E-state index < -0.39 is 11.7 Å². The van der Waals surface area contributed by atoms with E-state index in [1.807, 2.05) is 68.9 Å². The van der Waals surface area contributed by atoms with Crippen LogP contribution in [0.15, 0.2) is 47.7 Å². The average Bonchev–Trinajstić information content (AvgIpc) is 3.15. The molecule has 2 rings (SSSR count). The van der Waals surface area contributed by atoms with Crippen molar-refractivity contribution in [3.05, 3.63) is 48.3 Å². The molecule has 158 valence electrons. The van der Waals surface area contributed by atoms with Gasteiger partial charge in [0, 0.05) is 37.7 Å². The van der Waals surface area contributed by atoms with Gasteiger partial charge < -0.3 is 15.4 Å². The highest BCUT2D eigenvalue weighted by molar-refractivity contribution is 5.84. The maximum absolute atomic E-state index is 11.8. The van der Waals surface area contributed by atoms with Crippen LogP contribution in [0.1, 0.15) is 33.3 Å². The number of carbonyl (C=O) groups is 1. The summed E-state index contributed by atoms with van der Waals surface area (Å²) in [5.74, 6) is 0.794. The second-order valence-corrected chi connectivity index (χ2v) is 7.53. The van der Waals surface area contributed by atoms with Crippen LogP contribution in [0.2, 0.25) is 0 Å². The first-order valence-corrected chi connectivity index (χ1v) is 9.94. The van der Waals surface area contributed by atoms with Crippen LogP contribution in [0, 0.1) is 0 Å². The number of anilines is 1. The minimum Gasteiger partial charge on any atom is -0.444 e. The molecule has 3 N–H and O–H groups in total. The second-order valence-electron chi connectivity index (χ2n) is 7.53. The summed E-state index contributed by atoms with van der Waals surface area (Å²) in [7, 11) is 0. The number of rotatable bonds is 8. The summed E-state index contributed by atoms with van der Waals surface area (Å²) >= 11 is 0. The van der Waals surface area contributed by atoms with Crippen LogP contribution in [-0.4, -0.2) is 47.1 Å². The van der Waals surface area contributed by atoms with Crippen LogP contribution in [0.3, 0.4) is 0 Å². The van der Waals surface area contributed by atoms with Crippen molar-refractivity contribution in [2.75, 3.05) is 25.0 Å². The lowest BCUT2D eigenvalue weighted by Gasteiger charge is -2.19. The predicted octanol–water partition coefficient (Wildman–Crippen LogP) is 3.03. The number of nitrogens with zero attached hydrogens (tertiary/aromatic N) is 3. The molecule has 0 bridgehead atoms. The Morgan fingerprint density at radius 2 is 1.97 bits per heavy atom. The fraction of sp³-hybridized carbons (Fsp3) is 0.476. The number of aromatic nitrogens is 2. The van der Waals surface area contributed by atoms with Gasteiger partial charge in [0.1, 0.15) is 5.60 Å². The zero-order valence-electron chi connectivity index (χ0n) is 17.7. The van der Waals surface area contributed by atoms with Crippen molar-refractivity contribution in [1.82, 2.24) is 20.4 Å². The Balaban J connectivity index is 1.78. The van der Waals surface area contributed by atoms with Crippen molar-refractivity contribution < 1.29 is 9.53 Å². The van der Waals surface area contributed by atoms with Gasteiger partial charge >= 0.3 is 6.09 Å². The molecule has 0 aliphatic rings. The molecule has 1 amide bonds. The Morgan fingerprint density at radius 3 is 2.59 bits per heavy atom. The molecule has 2 aromatic rings. The predicted molar refractivity (Wildman–Crippen MR) is 116 cm³/mol. The van der Waals surface area contributed by atoms with Crippen molar-refractivity contribution in [2.45, 2.75) is 46.3 Å². The number of hydrogen-bond acceptors (Lipinski definition) is 4. The third-order valence-electron chi connectivity index (χ3n) is 3.81.